The van der Waals surface area contributed by atoms with E-state index < -0.39 is 0 Å². The Morgan fingerprint density at radius 2 is 2.04 bits per heavy atom. The van der Waals surface area contributed by atoms with Crippen LogP contribution in [0.25, 0.3) is 10.2 Å². The highest BCUT2D eigenvalue weighted by atomic mass is 79.9. The SMILES string of the molecule is COc1ccc(SCC(=O)N=c2sc3cc(Br)ccc3n2CCSC)cc1. The van der Waals surface area contributed by atoms with Crippen LogP contribution in [0.1, 0.15) is 0 Å². The van der Waals surface area contributed by atoms with Crippen molar-refractivity contribution in [1.29, 1.82) is 0 Å². The van der Waals surface area contributed by atoms with Crippen molar-refractivity contribution in [2.45, 2.75) is 11.4 Å². The molecule has 0 radical (unpaired) electrons. The Kier molecular flexibility index (Phi) is 7.46. The summed E-state index contributed by atoms with van der Waals surface area (Å²) in [5.41, 5.74) is 1.12. The number of carbonyl (C=O) groups excluding carboxylic acids is 1. The molecule has 1 heterocycles. The standard InChI is InChI=1S/C19H19BrN2O2S3/c1-24-14-4-6-15(7-5-14)26-12-18(23)21-19-22(9-10-25-2)16-8-3-13(20)11-17(16)27-19/h3-8,11H,9-10,12H2,1-2H3. The number of rotatable bonds is 7. The van der Waals surface area contributed by atoms with Crippen molar-refractivity contribution < 1.29 is 9.53 Å². The molecular formula is C19H19BrN2O2S3. The Balaban J connectivity index is 1.81. The fraction of sp³-hybridized carbons (Fsp3) is 0.263. The van der Waals surface area contributed by atoms with E-state index in [2.05, 4.69) is 43.9 Å². The first kappa shape index (κ1) is 20.5. The van der Waals surface area contributed by atoms with Crippen LogP contribution in [0.3, 0.4) is 0 Å². The van der Waals surface area contributed by atoms with E-state index >= 15 is 0 Å². The average Bonchev–Trinajstić information content (AvgIpc) is 3.00. The quantitative estimate of drug-likeness (QED) is 0.441. The summed E-state index contributed by atoms with van der Waals surface area (Å²) < 4.78 is 9.45. The van der Waals surface area contributed by atoms with E-state index in [4.69, 9.17) is 4.74 Å². The Hall–Kier alpha value is -1.22. The summed E-state index contributed by atoms with van der Waals surface area (Å²) in [6.07, 6.45) is 2.08. The summed E-state index contributed by atoms with van der Waals surface area (Å²) in [5, 5.41) is 0. The van der Waals surface area contributed by atoms with Gasteiger partial charge in [-0.3, -0.25) is 4.79 Å². The van der Waals surface area contributed by atoms with Gasteiger partial charge in [0.1, 0.15) is 5.75 Å². The molecule has 4 nitrogen and oxygen atoms in total. The molecule has 0 aliphatic rings. The first-order chi connectivity index (χ1) is 13.1. The molecule has 0 saturated heterocycles. The second-order valence-corrected chi connectivity index (χ2v) is 9.57. The molecule has 1 amide bonds. The van der Waals surface area contributed by atoms with E-state index in [1.807, 2.05) is 30.3 Å². The van der Waals surface area contributed by atoms with E-state index in [9.17, 15) is 4.79 Å². The molecule has 0 aliphatic carbocycles. The number of thiazole rings is 1. The predicted octanol–water partition coefficient (Wildman–Crippen LogP) is 5.06. The van der Waals surface area contributed by atoms with Crippen LogP contribution in [-0.4, -0.2) is 35.3 Å². The summed E-state index contributed by atoms with van der Waals surface area (Å²) in [6.45, 7) is 0.834. The smallest absolute Gasteiger partial charge is 0.258 e. The van der Waals surface area contributed by atoms with Crippen molar-refractivity contribution in [1.82, 2.24) is 4.57 Å². The molecule has 27 heavy (non-hydrogen) atoms. The van der Waals surface area contributed by atoms with Gasteiger partial charge in [0.15, 0.2) is 4.80 Å². The normalized spacial score (nSPS) is 11.9. The van der Waals surface area contributed by atoms with Crippen molar-refractivity contribution in [3.05, 3.63) is 51.7 Å². The molecule has 0 saturated carbocycles. The highest BCUT2D eigenvalue weighted by molar-refractivity contribution is 9.10. The van der Waals surface area contributed by atoms with Crippen LogP contribution < -0.4 is 9.54 Å². The fourth-order valence-electron chi connectivity index (χ4n) is 2.49. The van der Waals surface area contributed by atoms with Crippen molar-refractivity contribution in [3.8, 4) is 5.75 Å². The van der Waals surface area contributed by atoms with Crippen LogP contribution in [0.2, 0.25) is 0 Å². The third-order valence-corrected chi connectivity index (χ3v) is 6.93. The summed E-state index contributed by atoms with van der Waals surface area (Å²) in [6, 6.07) is 13.9. The van der Waals surface area contributed by atoms with E-state index in [0.717, 1.165) is 42.4 Å². The molecule has 0 unspecified atom stereocenters. The number of hydrogen-bond acceptors (Lipinski definition) is 5. The first-order valence-corrected chi connectivity index (χ1v) is 12.2. The van der Waals surface area contributed by atoms with Gasteiger partial charge in [0.05, 0.1) is 23.1 Å². The monoisotopic (exact) mass is 482 g/mol. The lowest BCUT2D eigenvalue weighted by atomic mass is 10.3. The van der Waals surface area contributed by atoms with Crippen molar-refractivity contribution in [2.75, 3.05) is 24.9 Å². The lowest BCUT2D eigenvalue weighted by Gasteiger charge is -2.04. The van der Waals surface area contributed by atoms with Crippen molar-refractivity contribution >= 4 is 66.9 Å². The number of ether oxygens (including phenoxy) is 1. The fourth-order valence-corrected chi connectivity index (χ4v) is 5.16. The van der Waals surface area contributed by atoms with Crippen LogP contribution in [0.15, 0.2) is 56.8 Å². The van der Waals surface area contributed by atoms with Gasteiger partial charge in [0, 0.05) is 21.7 Å². The van der Waals surface area contributed by atoms with Crippen LogP contribution >= 0.6 is 50.8 Å². The minimum absolute atomic E-state index is 0.126. The summed E-state index contributed by atoms with van der Waals surface area (Å²) in [7, 11) is 1.64. The molecule has 3 rings (SSSR count). The van der Waals surface area contributed by atoms with Gasteiger partial charge in [0.25, 0.3) is 5.91 Å². The molecule has 0 N–H and O–H groups in total. The third-order valence-electron chi connectivity index (χ3n) is 3.81. The molecule has 3 aromatic rings. The molecule has 1 aromatic heterocycles. The second-order valence-electron chi connectivity index (χ2n) is 5.61. The predicted molar refractivity (Wildman–Crippen MR) is 120 cm³/mol. The van der Waals surface area contributed by atoms with Crippen LogP contribution in [0.4, 0.5) is 0 Å². The molecule has 0 bridgehead atoms. The van der Waals surface area contributed by atoms with Gasteiger partial charge >= 0.3 is 0 Å². The minimum atomic E-state index is -0.126. The Morgan fingerprint density at radius 3 is 2.74 bits per heavy atom. The minimum Gasteiger partial charge on any atom is -0.497 e. The number of benzene rings is 2. The number of fused-ring (bicyclic) bond motifs is 1. The number of aromatic nitrogens is 1. The molecule has 0 aliphatic heterocycles. The topological polar surface area (TPSA) is 43.6 Å². The van der Waals surface area contributed by atoms with Gasteiger partial charge < -0.3 is 9.30 Å². The number of aryl methyl sites for hydroxylation is 1. The van der Waals surface area contributed by atoms with Crippen LogP contribution in [-0.2, 0) is 11.3 Å². The van der Waals surface area contributed by atoms with Gasteiger partial charge in [-0.15, -0.1) is 11.8 Å². The van der Waals surface area contributed by atoms with Gasteiger partial charge in [-0.05, 0) is 48.7 Å². The highest BCUT2D eigenvalue weighted by Gasteiger charge is 2.09. The number of halogens is 1. The number of amides is 1. The number of methoxy groups -OCH3 is 1. The lowest BCUT2D eigenvalue weighted by Crippen LogP contribution is -2.18. The Labute approximate surface area is 179 Å². The largest absolute Gasteiger partial charge is 0.497 e. The first-order valence-electron chi connectivity index (χ1n) is 8.23. The summed E-state index contributed by atoms with van der Waals surface area (Å²) in [4.78, 5) is 18.6. The molecule has 2 aromatic carbocycles. The summed E-state index contributed by atoms with van der Waals surface area (Å²) in [5.74, 6) is 1.97. The lowest BCUT2D eigenvalue weighted by molar-refractivity contribution is -0.115. The van der Waals surface area contributed by atoms with E-state index in [0.29, 0.717) is 5.75 Å². The van der Waals surface area contributed by atoms with Crippen molar-refractivity contribution in [2.24, 2.45) is 4.99 Å². The summed E-state index contributed by atoms with van der Waals surface area (Å²) >= 11 is 8.34. The van der Waals surface area contributed by atoms with Gasteiger partial charge in [-0.2, -0.15) is 16.8 Å². The number of nitrogens with zero attached hydrogens (tertiary/aromatic N) is 2. The van der Waals surface area contributed by atoms with Gasteiger partial charge in [0.2, 0.25) is 0 Å². The van der Waals surface area contributed by atoms with E-state index in [-0.39, 0.29) is 5.91 Å². The number of thioether (sulfide) groups is 2. The second kappa shape index (κ2) is 9.82. The molecule has 0 fully saturated rings. The molecule has 0 atom stereocenters. The molecular weight excluding hydrogens is 464 g/mol. The Morgan fingerprint density at radius 1 is 1.26 bits per heavy atom. The molecule has 0 spiro atoms. The van der Waals surface area contributed by atoms with E-state index in [1.165, 1.54) is 11.8 Å². The highest BCUT2D eigenvalue weighted by Crippen LogP contribution is 2.23. The maximum atomic E-state index is 12.4. The third kappa shape index (κ3) is 5.40. The maximum absolute atomic E-state index is 12.4. The zero-order chi connectivity index (χ0) is 19.2. The molecule has 142 valence electrons. The van der Waals surface area contributed by atoms with E-state index in [1.54, 1.807) is 30.2 Å². The maximum Gasteiger partial charge on any atom is 0.258 e. The number of hydrogen-bond donors (Lipinski definition) is 0. The number of carbonyl (C=O) groups is 1. The van der Waals surface area contributed by atoms with Gasteiger partial charge in [-0.25, -0.2) is 0 Å². The van der Waals surface area contributed by atoms with Gasteiger partial charge in [-0.1, -0.05) is 27.3 Å². The molecule has 8 heteroatoms. The average molecular weight is 483 g/mol. The zero-order valence-corrected chi connectivity index (χ0v) is 19.0. The zero-order valence-electron chi connectivity index (χ0n) is 15.0. The van der Waals surface area contributed by atoms with Crippen LogP contribution in [0.5, 0.6) is 5.75 Å². The Bertz CT molecular complexity index is 996. The van der Waals surface area contributed by atoms with Crippen molar-refractivity contribution in [3.63, 3.8) is 0 Å². The van der Waals surface area contributed by atoms with Crippen LogP contribution in [0, 0.1) is 0 Å².